The van der Waals surface area contributed by atoms with E-state index in [1.807, 2.05) is 30.3 Å². The molecule has 5 rings (SSSR count). The van der Waals surface area contributed by atoms with E-state index in [9.17, 15) is 9.59 Å². The number of carbonyl (C=O) groups excluding carboxylic acids is 2. The van der Waals surface area contributed by atoms with Gasteiger partial charge in [-0.05, 0) is 46.3 Å². The molecule has 1 heterocycles. The van der Waals surface area contributed by atoms with Gasteiger partial charge in [0.1, 0.15) is 5.52 Å². The maximum Gasteiger partial charge on any atom is 0.234 e. The van der Waals surface area contributed by atoms with Gasteiger partial charge in [-0.3, -0.25) is 9.59 Å². The van der Waals surface area contributed by atoms with Crippen molar-refractivity contribution in [2.24, 2.45) is 0 Å². The predicted molar refractivity (Wildman–Crippen MR) is 100 cm³/mol. The van der Waals surface area contributed by atoms with Crippen LogP contribution in [0, 0.1) is 0 Å². The number of hydrogen-bond donors (Lipinski definition) is 0. The summed E-state index contributed by atoms with van der Waals surface area (Å²) in [6.45, 7) is 0. The highest BCUT2D eigenvalue weighted by Gasteiger charge is 2.33. The van der Waals surface area contributed by atoms with E-state index in [0.717, 1.165) is 25.4 Å². The Morgan fingerprint density at radius 2 is 1.64 bits per heavy atom. The summed E-state index contributed by atoms with van der Waals surface area (Å²) in [5, 5.41) is 9.85. The second-order valence-electron chi connectivity index (χ2n) is 5.78. The van der Waals surface area contributed by atoms with E-state index in [1.165, 1.54) is 0 Å². The maximum atomic E-state index is 12.5. The maximum absolute atomic E-state index is 12.5. The lowest BCUT2D eigenvalue weighted by atomic mass is 10.0. The molecule has 0 radical (unpaired) electrons. The molecule has 7 heteroatoms. The number of fused-ring (bicyclic) bond motifs is 1. The molecular formula is C18H7Br2N3O2. The van der Waals surface area contributed by atoms with Crippen molar-refractivity contribution in [3.05, 3.63) is 62.5 Å². The lowest BCUT2D eigenvalue weighted by Crippen LogP contribution is -2.07. The minimum Gasteiger partial charge on any atom is -0.285 e. The molecular weight excluding hydrogens is 450 g/mol. The lowest BCUT2D eigenvalue weighted by Gasteiger charge is -2.10. The fourth-order valence-electron chi connectivity index (χ4n) is 3.28. The van der Waals surface area contributed by atoms with Gasteiger partial charge in [0.2, 0.25) is 11.6 Å². The molecule has 1 aliphatic carbocycles. The zero-order chi connectivity index (χ0) is 17.3. The summed E-state index contributed by atoms with van der Waals surface area (Å²) in [6.07, 6.45) is 0. The molecule has 4 aromatic rings. The first-order valence-electron chi connectivity index (χ1n) is 7.42. The minimum absolute atomic E-state index is 0.403. The zero-order valence-electron chi connectivity index (χ0n) is 12.5. The summed E-state index contributed by atoms with van der Waals surface area (Å²) in [4.78, 5) is 24.8. The first-order valence-corrected chi connectivity index (χ1v) is 9.00. The van der Waals surface area contributed by atoms with Gasteiger partial charge in [-0.2, -0.15) is 0 Å². The average molecular weight is 457 g/mol. The Morgan fingerprint density at radius 1 is 0.920 bits per heavy atom. The summed E-state index contributed by atoms with van der Waals surface area (Å²) in [5.74, 6) is -0.968. The third-order valence-electron chi connectivity index (χ3n) is 4.39. The van der Waals surface area contributed by atoms with Crippen LogP contribution >= 0.6 is 31.9 Å². The van der Waals surface area contributed by atoms with E-state index in [-0.39, 0.29) is 0 Å². The third kappa shape index (κ3) is 1.93. The van der Waals surface area contributed by atoms with Crippen molar-refractivity contribution in [1.29, 1.82) is 0 Å². The Bertz CT molecular complexity index is 1260. The Kier molecular flexibility index (Phi) is 3.02. The van der Waals surface area contributed by atoms with Gasteiger partial charge in [0.05, 0.1) is 15.7 Å². The number of nitrogens with zero attached hydrogens (tertiary/aromatic N) is 3. The van der Waals surface area contributed by atoms with Crippen molar-refractivity contribution in [2.75, 3.05) is 0 Å². The quantitative estimate of drug-likeness (QED) is 0.396. The molecule has 3 aromatic carbocycles. The Morgan fingerprint density at radius 3 is 2.44 bits per heavy atom. The number of carbonyl (C=O) groups is 2. The molecule has 1 aromatic heterocycles. The van der Waals surface area contributed by atoms with E-state index in [0.29, 0.717) is 22.2 Å². The van der Waals surface area contributed by atoms with Crippen LogP contribution in [-0.4, -0.2) is 26.6 Å². The molecule has 0 unspecified atom stereocenters. The Balaban J connectivity index is 1.94. The number of aromatic nitrogens is 3. The van der Waals surface area contributed by atoms with E-state index < -0.39 is 11.6 Å². The van der Waals surface area contributed by atoms with Crippen molar-refractivity contribution < 1.29 is 9.59 Å². The zero-order valence-corrected chi connectivity index (χ0v) is 15.6. The molecule has 120 valence electrons. The highest BCUT2D eigenvalue weighted by Crippen LogP contribution is 2.41. The van der Waals surface area contributed by atoms with Crippen LogP contribution in [0.25, 0.3) is 27.5 Å². The van der Waals surface area contributed by atoms with Gasteiger partial charge in [-0.25, -0.2) is 4.68 Å². The second-order valence-corrected chi connectivity index (χ2v) is 7.49. The van der Waals surface area contributed by atoms with E-state index >= 15 is 0 Å². The predicted octanol–water partition coefficient (Wildman–Crippen LogP) is 4.48. The van der Waals surface area contributed by atoms with Crippen LogP contribution in [0.3, 0.4) is 0 Å². The molecule has 0 atom stereocenters. The molecule has 0 aliphatic heterocycles. The molecule has 0 fully saturated rings. The van der Waals surface area contributed by atoms with Crippen molar-refractivity contribution in [2.45, 2.75) is 0 Å². The number of benzene rings is 3. The topological polar surface area (TPSA) is 64.8 Å². The standard InChI is InChI=1S/C18H7Br2N3O2/c19-8-5-9-15-10(6-8)17(24)18(25)11(15)7-14(16(9)20)23-13-4-2-1-3-12(13)21-22-23/h1-7H. The first kappa shape index (κ1) is 14.9. The van der Waals surface area contributed by atoms with Gasteiger partial charge < -0.3 is 0 Å². The highest BCUT2D eigenvalue weighted by molar-refractivity contribution is 9.11. The van der Waals surface area contributed by atoms with Gasteiger partial charge in [0.25, 0.3) is 0 Å². The van der Waals surface area contributed by atoms with E-state index in [1.54, 1.807) is 16.8 Å². The van der Waals surface area contributed by atoms with Crippen molar-refractivity contribution in [3.63, 3.8) is 0 Å². The highest BCUT2D eigenvalue weighted by atomic mass is 79.9. The monoisotopic (exact) mass is 455 g/mol. The van der Waals surface area contributed by atoms with Crippen LogP contribution < -0.4 is 0 Å². The first-order chi connectivity index (χ1) is 12.1. The number of ketones is 2. The number of Topliss-reactive ketones (excluding diaryl/α,β-unsaturated/α-hetero) is 2. The molecule has 1 aliphatic rings. The van der Waals surface area contributed by atoms with Gasteiger partial charge in [0, 0.05) is 26.4 Å². The summed E-state index contributed by atoms with van der Waals surface area (Å²) in [5.41, 5.74) is 3.08. The summed E-state index contributed by atoms with van der Waals surface area (Å²) in [6, 6.07) is 12.9. The van der Waals surface area contributed by atoms with Gasteiger partial charge in [-0.15, -0.1) is 5.10 Å². The van der Waals surface area contributed by atoms with Crippen LogP contribution in [-0.2, 0) is 0 Å². The fourth-order valence-corrected chi connectivity index (χ4v) is 4.34. The van der Waals surface area contributed by atoms with Crippen LogP contribution in [0.15, 0.2) is 51.4 Å². The summed E-state index contributed by atoms with van der Waals surface area (Å²) < 4.78 is 3.17. The minimum atomic E-state index is -0.490. The number of hydrogen-bond acceptors (Lipinski definition) is 4. The largest absolute Gasteiger partial charge is 0.285 e. The number of halogens is 2. The normalized spacial score (nSPS) is 13.4. The van der Waals surface area contributed by atoms with E-state index in [4.69, 9.17) is 0 Å². The Labute approximate surface area is 157 Å². The van der Waals surface area contributed by atoms with E-state index in [2.05, 4.69) is 42.2 Å². The molecule has 5 nitrogen and oxygen atoms in total. The van der Waals surface area contributed by atoms with Gasteiger partial charge in [-0.1, -0.05) is 33.3 Å². The molecule has 25 heavy (non-hydrogen) atoms. The molecule has 0 amide bonds. The number of rotatable bonds is 1. The van der Waals surface area contributed by atoms with Gasteiger partial charge in [0.15, 0.2) is 0 Å². The lowest BCUT2D eigenvalue weighted by molar-refractivity contribution is 0.0825. The molecule has 0 N–H and O–H groups in total. The van der Waals surface area contributed by atoms with Crippen molar-refractivity contribution in [1.82, 2.24) is 15.0 Å². The Hall–Kier alpha value is -2.38. The average Bonchev–Trinajstić information content (AvgIpc) is 3.13. The van der Waals surface area contributed by atoms with Crippen LogP contribution in [0.4, 0.5) is 0 Å². The molecule has 0 spiro atoms. The van der Waals surface area contributed by atoms with Crippen molar-refractivity contribution in [3.8, 4) is 5.69 Å². The summed E-state index contributed by atoms with van der Waals surface area (Å²) in [7, 11) is 0. The van der Waals surface area contributed by atoms with Gasteiger partial charge >= 0.3 is 0 Å². The summed E-state index contributed by atoms with van der Waals surface area (Å²) >= 11 is 7.05. The molecule has 0 bridgehead atoms. The number of para-hydroxylation sites is 1. The smallest absolute Gasteiger partial charge is 0.234 e. The SMILES string of the molecule is O=C1C(=O)c2cc(-n3nnc4ccccc43)c(Br)c3cc(Br)cc1c23. The van der Waals surface area contributed by atoms with Crippen molar-refractivity contribution >= 4 is 65.2 Å². The fraction of sp³-hybridized carbons (Fsp3) is 0. The van der Waals surface area contributed by atoms with Crippen LogP contribution in [0.5, 0.6) is 0 Å². The molecule has 0 saturated heterocycles. The third-order valence-corrected chi connectivity index (χ3v) is 5.68. The van der Waals surface area contributed by atoms with Crippen LogP contribution in [0.2, 0.25) is 0 Å². The molecule has 0 saturated carbocycles. The van der Waals surface area contributed by atoms with Crippen LogP contribution in [0.1, 0.15) is 20.7 Å². The second kappa shape index (κ2) is 5.06.